The Morgan fingerprint density at radius 1 is 1.00 bits per heavy atom. The minimum absolute atomic E-state index is 0.116. The fourth-order valence-electron chi connectivity index (χ4n) is 5.02. The highest BCUT2D eigenvalue weighted by Gasteiger charge is 2.35. The maximum Gasteiger partial charge on any atom is 0.253 e. The lowest BCUT2D eigenvalue weighted by Gasteiger charge is -2.40. The number of halogens is 1. The summed E-state index contributed by atoms with van der Waals surface area (Å²) in [6.45, 7) is 13.4. The first kappa shape index (κ1) is 24.5. The maximum atomic E-state index is 13.5. The molecule has 0 saturated carbocycles. The molecule has 2 aromatic heterocycles. The Labute approximate surface area is 215 Å². The Morgan fingerprint density at radius 2 is 1.75 bits per heavy atom. The molecule has 3 heterocycles. The van der Waals surface area contributed by atoms with E-state index in [0.29, 0.717) is 11.4 Å². The highest BCUT2D eigenvalue weighted by molar-refractivity contribution is 6.30. The second-order valence-electron chi connectivity index (χ2n) is 10.6. The van der Waals surface area contributed by atoms with Crippen LogP contribution in [0.2, 0.25) is 5.02 Å². The number of tetrazole rings is 1. The van der Waals surface area contributed by atoms with Crippen LogP contribution in [0.5, 0.6) is 0 Å². The zero-order valence-corrected chi connectivity index (χ0v) is 22.2. The van der Waals surface area contributed by atoms with Crippen LogP contribution in [0, 0.1) is 13.8 Å². The van der Waals surface area contributed by atoms with E-state index in [4.69, 9.17) is 11.6 Å². The number of hydrogen-bond acceptors (Lipinski definition) is 6. The summed E-state index contributed by atoms with van der Waals surface area (Å²) >= 11 is 6.30. The molecule has 1 N–H and O–H groups in total. The predicted molar refractivity (Wildman–Crippen MR) is 144 cm³/mol. The van der Waals surface area contributed by atoms with Crippen molar-refractivity contribution in [3.63, 3.8) is 0 Å². The number of fused-ring (bicyclic) bond motifs is 1. The Bertz CT molecular complexity index is 1460. The van der Waals surface area contributed by atoms with Crippen molar-refractivity contribution in [2.75, 3.05) is 31.1 Å². The van der Waals surface area contributed by atoms with Crippen LogP contribution in [-0.4, -0.2) is 56.3 Å². The lowest BCUT2D eigenvalue weighted by atomic mass is 10.0. The molecule has 188 valence electrons. The Morgan fingerprint density at radius 3 is 2.47 bits per heavy atom. The van der Waals surface area contributed by atoms with Crippen molar-refractivity contribution in [3.8, 4) is 0 Å². The summed E-state index contributed by atoms with van der Waals surface area (Å²) in [4.78, 5) is 21.2. The van der Waals surface area contributed by atoms with Crippen molar-refractivity contribution >= 4 is 28.2 Å². The van der Waals surface area contributed by atoms with E-state index in [2.05, 4.69) is 70.1 Å². The first-order valence-electron chi connectivity index (χ1n) is 12.3. The van der Waals surface area contributed by atoms with Gasteiger partial charge in [-0.05, 0) is 85.8 Å². The molecule has 36 heavy (non-hydrogen) atoms. The van der Waals surface area contributed by atoms with E-state index in [-0.39, 0.29) is 17.1 Å². The molecule has 0 amide bonds. The number of rotatable bonds is 4. The molecule has 1 saturated heterocycles. The zero-order valence-electron chi connectivity index (χ0n) is 21.4. The first-order valence-corrected chi connectivity index (χ1v) is 12.7. The minimum Gasteiger partial charge on any atom is -0.369 e. The summed E-state index contributed by atoms with van der Waals surface area (Å²) in [7, 11) is 0. The molecule has 4 aromatic rings. The highest BCUT2D eigenvalue weighted by Crippen LogP contribution is 2.32. The quantitative estimate of drug-likeness (QED) is 0.441. The van der Waals surface area contributed by atoms with E-state index in [1.807, 2.05) is 41.9 Å². The number of benzene rings is 2. The van der Waals surface area contributed by atoms with Crippen molar-refractivity contribution in [2.24, 2.45) is 0 Å². The van der Waals surface area contributed by atoms with Gasteiger partial charge in [-0.2, -0.15) is 0 Å². The molecule has 1 aliphatic heterocycles. The Kier molecular flexibility index (Phi) is 6.34. The smallest absolute Gasteiger partial charge is 0.253 e. The molecular formula is C27H32ClN7O. The van der Waals surface area contributed by atoms with Gasteiger partial charge in [0.1, 0.15) is 6.04 Å². The normalized spacial score (nSPS) is 16.0. The Hall–Kier alpha value is -3.23. The summed E-state index contributed by atoms with van der Waals surface area (Å²) in [5.74, 6) is 0.673. The molecule has 8 nitrogen and oxygen atoms in total. The molecule has 2 aromatic carbocycles. The summed E-state index contributed by atoms with van der Waals surface area (Å²) in [6.07, 6.45) is 0. The third-order valence-electron chi connectivity index (χ3n) is 6.89. The van der Waals surface area contributed by atoms with Crippen molar-refractivity contribution in [1.29, 1.82) is 0 Å². The topological polar surface area (TPSA) is 82.9 Å². The van der Waals surface area contributed by atoms with Gasteiger partial charge in [-0.25, -0.2) is 4.68 Å². The SMILES string of the molecule is Cc1ccc2cc([C@H](c3nnnn3C(C)(C)C)N3CCN(c4cc(Cl)ccc4C)CC3)c(=O)[nH]c2c1. The lowest BCUT2D eigenvalue weighted by Crippen LogP contribution is -2.49. The number of nitrogens with one attached hydrogen (secondary N) is 1. The summed E-state index contributed by atoms with van der Waals surface area (Å²) in [6, 6.07) is 13.7. The first-order chi connectivity index (χ1) is 17.1. The van der Waals surface area contributed by atoms with Crippen LogP contribution >= 0.6 is 11.6 Å². The monoisotopic (exact) mass is 505 g/mol. The lowest BCUT2D eigenvalue weighted by molar-refractivity contribution is 0.190. The van der Waals surface area contributed by atoms with Crippen LogP contribution < -0.4 is 10.5 Å². The number of aromatic amines is 1. The molecule has 1 atom stereocenters. The van der Waals surface area contributed by atoms with Crippen LogP contribution in [0.4, 0.5) is 5.69 Å². The van der Waals surface area contributed by atoms with Crippen LogP contribution in [0.1, 0.15) is 49.3 Å². The van der Waals surface area contributed by atoms with Gasteiger partial charge in [0.25, 0.3) is 5.56 Å². The van der Waals surface area contributed by atoms with Gasteiger partial charge in [-0.3, -0.25) is 9.69 Å². The number of anilines is 1. The predicted octanol–water partition coefficient (Wildman–Crippen LogP) is 4.45. The number of piperazine rings is 1. The molecule has 0 spiro atoms. The van der Waals surface area contributed by atoms with Crippen LogP contribution in [0.3, 0.4) is 0 Å². The molecule has 1 aliphatic rings. The van der Waals surface area contributed by atoms with Gasteiger partial charge >= 0.3 is 0 Å². The fraction of sp³-hybridized carbons (Fsp3) is 0.407. The van der Waals surface area contributed by atoms with Gasteiger partial charge in [0.15, 0.2) is 5.82 Å². The maximum absolute atomic E-state index is 13.5. The van der Waals surface area contributed by atoms with E-state index in [1.165, 1.54) is 5.56 Å². The number of aromatic nitrogens is 5. The molecule has 0 bridgehead atoms. The third-order valence-corrected chi connectivity index (χ3v) is 7.12. The van der Waals surface area contributed by atoms with Crippen LogP contribution in [-0.2, 0) is 5.54 Å². The molecule has 0 unspecified atom stereocenters. The van der Waals surface area contributed by atoms with Gasteiger partial charge in [0, 0.05) is 48.0 Å². The summed E-state index contributed by atoms with van der Waals surface area (Å²) < 4.78 is 1.84. The number of H-pyrrole nitrogens is 1. The van der Waals surface area contributed by atoms with Gasteiger partial charge in [0.05, 0.1) is 5.54 Å². The van der Waals surface area contributed by atoms with E-state index in [9.17, 15) is 4.79 Å². The number of aryl methyl sites for hydroxylation is 2. The van der Waals surface area contributed by atoms with E-state index in [1.54, 1.807) is 0 Å². The van der Waals surface area contributed by atoms with E-state index < -0.39 is 0 Å². The molecule has 0 radical (unpaired) electrons. The fourth-order valence-corrected chi connectivity index (χ4v) is 5.19. The van der Waals surface area contributed by atoms with Crippen molar-refractivity contribution in [3.05, 3.63) is 80.4 Å². The van der Waals surface area contributed by atoms with Crippen molar-refractivity contribution in [2.45, 2.75) is 46.2 Å². The number of nitrogens with zero attached hydrogens (tertiary/aromatic N) is 6. The zero-order chi connectivity index (χ0) is 25.6. The van der Waals surface area contributed by atoms with Crippen LogP contribution in [0.25, 0.3) is 10.9 Å². The van der Waals surface area contributed by atoms with Gasteiger partial charge < -0.3 is 9.88 Å². The average molecular weight is 506 g/mol. The third kappa shape index (κ3) is 4.63. The largest absolute Gasteiger partial charge is 0.369 e. The van der Waals surface area contributed by atoms with Crippen LogP contribution in [0.15, 0.2) is 47.3 Å². The highest BCUT2D eigenvalue weighted by atomic mass is 35.5. The van der Waals surface area contributed by atoms with E-state index in [0.717, 1.165) is 53.4 Å². The molecule has 9 heteroatoms. The summed E-state index contributed by atoms with van der Waals surface area (Å²) in [5.41, 5.74) is 4.48. The summed E-state index contributed by atoms with van der Waals surface area (Å²) in [5, 5.41) is 14.5. The Balaban J connectivity index is 1.55. The van der Waals surface area contributed by atoms with Gasteiger partial charge in [0.2, 0.25) is 0 Å². The molecule has 0 aliphatic carbocycles. The standard InChI is InChI=1S/C27H32ClN7O/c1-17-6-8-19-15-21(26(36)29-22(19)14-17)24(25-30-31-32-35(25)27(3,4)5)34-12-10-33(11-13-34)23-16-20(28)9-7-18(23)2/h6-9,14-16,24H,10-13H2,1-5H3,(H,29,36)/t24-/m1/s1. The van der Waals surface area contributed by atoms with Crippen molar-refractivity contribution < 1.29 is 0 Å². The van der Waals surface area contributed by atoms with Gasteiger partial charge in [-0.15, -0.1) is 5.10 Å². The second-order valence-corrected chi connectivity index (χ2v) is 11.1. The van der Waals surface area contributed by atoms with Crippen molar-refractivity contribution in [1.82, 2.24) is 30.1 Å². The number of pyridine rings is 1. The molecule has 1 fully saturated rings. The van der Waals surface area contributed by atoms with E-state index >= 15 is 0 Å². The minimum atomic E-state index is -0.378. The molecular weight excluding hydrogens is 474 g/mol. The molecule has 5 rings (SSSR count). The average Bonchev–Trinajstić information content (AvgIpc) is 3.32. The number of hydrogen-bond donors (Lipinski definition) is 1. The second kappa shape index (κ2) is 9.33. The van der Waals surface area contributed by atoms with Gasteiger partial charge in [-0.1, -0.05) is 29.8 Å².